The Morgan fingerprint density at radius 2 is 1.86 bits per heavy atom. The standard InChI is InChI=1S/C14H11/c1-10-6-7-14-12(8-10)9-11-4-2-3-5-13(11)14/h2-7H,9H2,1H3. The fourth-order valence-electron chi connectivity index (χ4n) is 2.18. The van der Waals surface area contributed by atoms with Crippen molar-refractivity contribution >= 4 is 0 Å². The van der Waals surface area contributed by atoms with Crippen molar-refractivity contribution in [3.63, 3.8) is 0 Å². The van der Waals surface area contributed by atoms with E-state index >= 15 is 0 Å². The summed E-state index contributed by atoms with van der Waals surface area (Å²) in [6, 6.07) is 16.4. The first-order valence-corrected chi connectivity index (χ1v) is 4.95. The lowest BCUT2D eigenvalue weighted by Crippen LogP contribution is -1.81. The van der Waals surface area contributed by atoms with Crippen molar-refractivity contribution in [2.24, 2.45) is 0 Å². The minimum atomic E-state index is 1.05. The molecule has 1 aliphatic rings. The van der Waals surface area contributed by atoms with Crippen molar-refractivity contribution < 1.29 is 0 Å². The molecule has 0 bridgehead atoms. The van der Waals surface area contributed by atoms with Crippen molar-refractivity contribution in [1.29, 1.82) is 0 Å². The van der Waals surface area contributed by atoms with Crippen LogP contribution < -0.4 is 0 Å². The zero-order valence-electron chi connectivity index (χ0n) is 8.17. The summed E-state index contributed by atoms with van der Waals surface area (Å²) < 4.78 is 0. The van der Waals surface area contributed by atoms with E-state index in [2.05, 4.69) is 49.4 Å². The second kappa shape index (κ2) is 2.71. The molecule has 0 aliphatic heterocycles. The summed E-state index contributed by atoms with van der Waals surface area (Å²) in [4.78, 5) is 0. The van der Waals surface area contributed by atoms with Crippen molar-refractivity contribution in [1.82, 2.24) is 0 Å². The minimum absolute atomic E-state index is 1.05. The molecular weight excluding hydrogens is 168 g/mol. The Hall–Kier alpha value is -1.56. The molecule has 0 heterocycles. The van der Waals surface area contributed by atoms with E-state index in [4.69, 9.17) is 0 Å². The molecule has 1 radical (unpaired) electrons. The number of benzene rings is 2. The highest BCUT2D eigenvalue weighted by Crippen LogP contribution is 2.36. The van der Waals surface area contributed by atoms with Gasteiger partial charge < -0.3 is 0 Å². The van der Waals surface area contributed by atoms with Gasteiger partial charge in [-0.1, -0.05) is 36.4 Å². The maximum Gasteiger partial charge on any atom is -0.000718 e. The van der Waals surface area contributed by atoms with E-state index in [-0.39, 0.29) is 0 Å². The lowest BCUT2D eigenvalue weighted by Gasteiger charge is -2.00. The van der Waals surface area contributed by atoms with E-state index in [1.54, 1.807) is 0 Å². The molecule has 0 nitrogen and oxygen atoms in total. The van der Waals surface area contributed by atoms with Crippen LogP contribution >= 0.6 is 0 Å². The Labute approximate surface area is 84.2 Å². The highest BCUT2D eigenvalue weighted by molar-refractivity contribution is 5.76. The molecule has 14 heavy (non-hydrogen) atoms. The maximum absolute atomic E-state index is 3.43. The third-order valence-corrected chi connectivity index (χ3v) is 2.85. The van der Waals surface area contributed by atoms with E-state index in [1.165, 1.54) is 27.8 Å². The average Bonchev–Trinajstić information content (AvgIpc) is 2.54. The molecular formula is C14H11. The van der Waals surface area contributed by atoms with Gasteiger partial charge in [0.1, 0.15) is 0 Å². The van der Waals surface area contributed by atoms with Gasteiger partial charge in [-0.15, -0.1) is 0 Å². The molecule has 0 aromatic heterocycles. The first-order valence-electron chi connectivity index (χ1n) is 4.95. The average molecular weight is 179 g/mol. The maximum atomic E-state index is 3.43. The monoisotopic (exact) mass is 179 g/mol. The third-order valence-electron chi connectivity index (χ3n) is 2.85. The van der Waals surface area contributed by atoms with Crippen LogP contribution in [-0.2, 0) is 6.42 Å². The zero-order chi connectivity index (χ0) is 9.54. The quantitative estimate of drug-likeness (QED) is 0.496. The van der Waals surface area contributed by atoms with Crippen LogP contribution in [0.4, 0.5) is 0 Å². The molecule has 0 unspecified atom stereocenters. The number of hydrogen-bond donors (Lipinski definition) is 0. The first kappa shape index (κ1) is 7.81. The normalized spacial score (nSPS) is 12.4. The van der Waals surface area contributed by atoms with Crippen LogP contribution in [0.1, 0.15) is 16.7 Å². The number of rotatable bonds is 0. The minimum Gasteiger partial charge on any atom is -0.0619 e. The van der Waals surface area contributed by atoms with E-state index in [0.29, 0.717) is 0 Å². The predicted molar refractivity (Wildman–Crippen MR) is 58.3 cm³/mol. The first-order chi connectivity index (χ1) is 6.84. The van der Waals surface area contributed by atoms with Gasteiger partial charge in [0.2, 0.25) is 0 Å². The Balaban J connectivity index is 2.27. The third kappa shape index (κ3) is 1.00. The highest BCUT2D eigenvalue weighted by atomic mass is 14.2. The van der Waals surface area contributed by atoms with Crippen LogP contribution in [0.2, 0.25) is 0 Å². The predicted octanol–water partition coefficient (Wildman–Crippen LogP) is 3.37. The van der Waals surface area contributed by atoms with Gasteiger partial charge in [0, 0.05) is 0 Å². The fraction of sp³-hybridized carbons (Fsp3) is 0.143. The molecule has 67 valence electrons. The van der Waals surface area contributed by atoms with Gasteiger partial charge in [-0.3, -0.25) is 0 Å². The summed E-state index contributed by atoms with van der Waals surface area (Å²) in [7, 11) is 0. The summed E-state index contributed by atoms with van der Waals surface area (Å²) >= 11 is 0. The van der Waals surface area contributed by atoms with Crippen molar-refractivity contribution in [3.8, 4) is 11.1 Å². The van der Waals surface area contributed by atoms with Gasteiger partial charge in [0.05, 0.1) is 0 Å². The molecule has 0 saturated carbocycles. The summed E-state index contributed by atoms with van der Waals surface area (Å²) in [5, 5.41) is 0. The van der Waals surface area contributed by atoms with Gasteiger partial charge in [-0.2, -0.15) is 0 Å². The van der Waals surface area contributed by atoms with Gasteiger partial charge >= 0.3 is 0 Å². The largest absolute Gasteiger partial charge is 0.0619 e. The van der Waals surface area contributed by atoms with Crippen LogP contribution in [0, 0.1) is 13.0 Å². The van der Waals surface area contributed by atoms with Gasteiger partial charge in [0.15, 0.2) is 0 Å². The van der Waals surface area contributed by atoms with Crippen molar-refractivity contribution in [3.05, 3.63) is 59.2 Å². The summed E-state index contributed by atoms with van der Waals surface area (Å²) in [5.41, 5.74) is 6.78. The lowest BCUT2D eigenvalue weighted by molar-refractivity contribution is 1.24. The molecule has 0 amide bonds. The number of hydrogen-bond acceptors (Lipinski definition) is 0. The van der Waals surface area contributed by atoms with E-state index < -0.39 is 0 Å². The SMILES string of the molecule is Cc1[c]c2c(cc1)-c1ccccc1C2. The zero-order valence-corrected chi connectivity index (χ0v) is 8.17. The number of fused-ring (bicyclic) bond motifs is 3. The van der Waals surface area contributed by atoms with Crippen LogP contribution in [0.3, 0.4) is 0 Å². The lowest BCUT2D eigenvalue weighted by atomic mass is 10.0. The second-order valence-electron chi connectivity index (χ2n) is 3.87. The molecule has 0 fully saturated rings. The Kier molecular flexibility index (Phi) is 1.51. The molecule has 1 aliphatic carbocycles. The van der Waals surface area contributed by atoms with Gasteiger partial charge in [0.25, 0.3) is 0 Å². The molecule has 0 spiro atoms. The Morgan fingerprint density at radius 3 is 2.79 bits per heavy atom. The molecule has 0 atom stereocenters. The van der Waals surface area contributed by atoms with Crippen LogP contribution in [0.5, 0.6) is 0 Å². The van der Waals surface area contributed by atoms with Crippen LogP contribution in [-0.4, -0.2) is 0 Å². The summed E-state index contributed by atoms with van der Waals surface area (Å²) in [5.74, 6) is 0. The molecule has 0 N–H and O–H groups in total. The topological polar surface area (TPSA) is 0 Å². The van der Waals surface area contributed by atoms with Crippen molar-refractivity contribution in [2.45, 2.75) is 13.3 Å². The molecule has 0 saturated heterocycles. The van der Waals surface area contributed by atoms with Crippen LogP contribution in [0.15, 0.2) is 36.4 Å². The summed E-state index contributed by atoms with van der Waals surface area (Å²) in [6.07, 6.45) is 1.05. The molecule has 0 heteroatoms. The smallest absolute Gasteiger partial charge is 0.000718 e. The Bertz CT molecular complexity index is 495. The highest BCUT2D eigenvalue weighted by Gasteiger charge is 2.17. The van der Waals surface area contributed by atoms with E-state index in [0.717, 1.165) is 6.42 Å². The fourth-order valence-corrected chi connectivity index (χ4v) is 2.18. The number of aryl methyl sites for hydroxylation is 1. The van der Waals surface area contributed by atoms with E-state index in [1.807, 2.05) is 0 Å². The Morgan fingerprint density at radius 1 is 1.00 bits per heavy atom. The van der Waals surface area contributed by atoms with Crippen molar-refractivity contribution in [2.75, 3.05) is 0 Å². The molecule has 3 rings (SSSR count). The van der Waals surface area contributed by atoms with Gasteiger partial charge in [-0.25, -0.2) is 0 Å². The second-order valence-corrected chi connectivity index (χ2v) is 3.87. The van der Waals surface area contributed by atoms with Crippen LogP contribution in [0.25, 0.3) is 11.1 Å². The van der Waals surface area contributed by atoms with E-state index in [9.17, 15) is 0 Å². The molecule has 2 aromatic carbocycles. The summed E-state index contributed by atoms with van der Waals surface area (Å²) in [6.45, 7) is 2.10. The molecule has 2 aromatic rings. The van der Waals surface area contributed by atoms with Gasteiger partial charge in [-0.05, 0) is 47.2 Å².